The monoisotopic (exact) mass is 207 g/mol. The zero-order valence-electron chi connectivity index (χ0n) is 9.37. The van der Waals surface area contributed by atoms with Crippen LogP contribution in [0.25, 0.3) is 0 Å². The molecule has 4 nitrogen and oxygen atoms in total. The minimum atomic E-state index is -0.168. The fourth-order valence-corrected chi connectivity index (χ4v) is 1.24. The van der Waals surface area contributed by atoms with Gasteiger partial charge in [-0.2, -0.15) is 0 Å². The SMILES string of the molecule is CNC(=O)NCC(C)(C)c1ccccn1. The third kappa shape index (κ3) is 3.23. The second-order valence-electron chi connectivity index (χ2n) is 4.03. The first-order valence-electron chi connectivity index (χ1n) is 4.93. The fourth-order valence-electron chi connectivity index (χ4n) is 1.24. The van der Waals surface area contributed by atoms with Gasteiger partial charge >= 0.3 is 6.03 Å². The molecular weight excluding hydrogens is 190 g/mol. The van der Waals surface area contributed by atoms with Crippen molar-refractivity contribution in [1.82, 2.24) is 15.6 Å². The molecule has 0 aliphatic heterocycles. The van der Waals surface area contributed by atoms with Crippen LogP contribution in [0, 0.1) is 0 Å². The van der Waals surface area contributed by atoms with Crippen molar-refractivity contribution in [2.24, 2.45) is 0 Å². The number of hydrogen-bond acceptors (Lipinski definition) is 2. The van der Waals surface area contributed by atoms with Gasteiger partial charge in [-0.15, -0.1) is 0 Å². The Labute approximate surface area is 90.1 Å². The number of aromatic nitrogens is 1. The Morgan fingerprint density at radius 3 is 2.73 bits per heavy atom. The smallest absolute Gasteiger partial charge is 0.314 e. The first kappa shape index (κ1) is 11.5. The maximum Gasteiger partial charge on any atom is 0.314 e. The van der Waals surface area contributed by atoms with E-state index < -0.39 is 0 Å². The van der Waals surface area contributed by atoms with E-state index in [4.69, 9.17) is 0 Å². The molecule has 1 aromatic rings. The number of hydrogen-bond donors (Lipinski definition) is 2. The Morgan fingerprint density at radius 1 is 1.47 bits per heavy atom. The number of nitrogens with zero attached hydrogens (tertiary/aromatic N) is 1. The molecule has 0 aromatic carbocycles. The van der Waals surface area contributed by atoms with Crippen LogP contribution in [0.4, 0.5) is 4.79 Å². The Kier molecular flexibility index (Phi) is 3.66. The van der Waals surface area contributed by atoms with Gasteiger partial charge in [0.2, 0.25) is 0 Å². The largest absolute Gasteiger partial charge is 0.341 e. The van der Waals surface area contributed by atoms with E-state index in [1.807, 2.05) is 32.0 Å². The van der Waals surface area contributed by atoms with Crippen LogP contribution in [0.3, 0.4) is 0 Å². The highest BCUT2D eigenvalue weighted by molar-refractivity contribution is 5.73. The van der Waals surface area contributed by atoms with Crippen LogP contribution < -0.4 is 10.6 Å². The molecule has 0 unspecified atom stereocenters. The van der Waals surface area contributed by atoms with Gasteiger partial charge in [0.05, 0.1) is 0 Å². The van der Waals surface area contributed by atoms with E-state index in [0.29, 0.717) is 6.54 Å². The standard InChI is InChI=1S/C11H17N3O/c1-11(2,8-14-10(15)12-3)9-6-4-5-7-13-9/h4-7H,8H2,1-3H3,(H2,12,14,15). The van der Waals surface area contributed by atoms with Gasteiger partial charge in [-0.25, -0.2) is 4.79 Å². The lowest BCUT2D eigenvalue weighted by Gasteiger charge is -2.24. The van der Waals surface area contributed by atoms with E-state index in [2.05, 4.69) is 15.6 Å². The summed E-state index contributed by atoms with van der Waals surface area (Å²) in [6.07, 6.45) is 1.76. The summed E-state index contributed by atoms with van der Waals surface area (Å²) in [5.41, 5.74) is 0.815. The average Bonchev–Trinajstić information content (AvgIpc) is 2.27. The van der Waals surface area contributed by atoms with Crippen molar-refractivity contribution < 1.29 is 4.79 Å². The minimum Gasteiger partial charge on any atom is -0.341 e. The zero-order valence-corrected chi connectivity index (χ0v) is 9.37. The topological polar surface area (TPSA) is 54.0 Å². The highest BCUT2D eigenvalue weighted by Gasteiger charge is 2.22. The van der Waals surface area contributed by atoms with Crippen LogP contribution in [-0.4, -0.2) is 24.6 Å². The predicted molar refractivity (Wildman–Crippen MR) is 59.7 cm³/mol. The number of rotatable bonds is 3. The molecule has 0 saturated carbocycles. The van der Waals surface area contributed by atoms with Crippen molar-refractivity contribution in [3.05, 3.63) is 30.1 Å². The van der Waals surface area contributed by atoms with Crippen LogP contribution in [-0.2, 0) is 5.41 Å². The number of urea groups is 1. The molecule has 82 valence electrons. The second-order valence-corrected chi connectivity index (χ2v) is 4.03. The van der Waals surface area contributed by atoms with Crippen LogP contribution >= 0.6 is 0 Å². The van der Waals surface area contributed by atoms with E-state index in [0.717, 1.165) is 5.69 Å². The summed E-state index contributed by atoms with van der Waals surface area (Å²) in [5, 5.41) is 5.30. The molecule has 1 rings (SSSR count). The van der Waals surface area contributed by atoms with E-state index >= 15 is 0 Å². The van der Waals surface area contributed by atoms with Gasteiger partial charge < -0.3 is 10.6 Å². The molecule has 15 heavy (non-hydrogen) atoms. The van der Waals surface area contributed by atoms with Gasteiger partial charge in [-0.05, 0) is 12.1 Å². The Balaban J connectivity index is 2.63. The predicted octanol–water partition coefficient (Wildman–Crippen LogP) is 1.29. The molecule has 0 saturated heterocycles. The van der Waals surface area contributed by atoms with Gasteiger partial charge in [0, 0.05) is 30.9 Å². The molecule has 1 aromatic heterocycles. The Hall–Kier alpha value is -1.58. The number of carbonyl (C=O) groups is 1. The highest BCUT2D eigenvalue weighted by atomic mass is 16.2. The number of carbonyl (C=O) groups excluding carboxylic acids is 1. The summed E-state index contributed by atoms with van der Waals surface area (Å²) in [7, 11) is 1.60. The lowest BCUT2D eigenvalue weighted by atomic mass is 9.89. The van der Waals surface area contributed by atoms with Gasteiger partial charge in [-0.3, -0.25) is 4.98 Å². The molecule has 0 bridgehead atoms. The molecule has 0 fully saturated rings. The minimum absolute atomic E-state index is 0.159. The van der Waals surface area contributed by atoms with Crippen molar-refractivity contribution in [3.8, 4) is 0 Å². The molecule has 0 atom stereocenters. The molecule has 0 aliphatic carbocycles. The normalized spacial score (nSPS) is 10.9. The van der Waals surface area contributed by atoms with Crippen LogP contribution in [0.5, 0.6) is 0 Å². The van der Waals surface area contributed by atoms with E-state index in [9.17, 15) is 4.79 Å². The second kappa shape index (κ2) is 4.77. The molecule has 1 heterocycles. The van der Waals surface area contributed by atoms with Crippen molar-refractivity contribution in [2.75, 3.05) is 13.6 Å². The Morgan fingerprint density at radius 2 is 2.20 bits per heavy atom. The van der Waals surface area contributed by atoms with E-state index in [1.165, 1.54) is 0 Å². The lowest BCUT2D eigenvalue weighted by molar-refractivity contribution is 0.240. The van der Waals surface area contributed by atoms with Crippen molar-refractivity contribution in [1.29, 1.82) is 0 Å². The zero-order chi connectivity index (χ0) is 11.3. The Bertz CT molecular complexity index is 322. The molecular formula is C11H17N3O. The summed E-state index contributed by atoms with van der Waals surface area (Å²) < 4.78 is 0. The van der Waals surface area contributed by atoms with Gasteiger partial charge in [0.15, 0.2) is 0 Å². The van der Waals surface area contributed by atoms with Crippen LogP contribution in [0.1, 0.15) is 19.5 Å². The molecule has 4 heteroatoms. The summed E-state index contributed by atoms with van der Waals surface area (Å²) in [6.45, 7) is 4.65. The van der Waals surface area contributed by atoms with Crippen LogP contribution in [0.2, 0.25) is 0 Å². The fraction of sp³-hybridized carbons (Fsp3) is 0.455. The van der Waals surface area contributed by atoms with Crippen LogP contribution in [0.15, 0.2) is 24.4 Å². The summed E-state index contributed by atoms with van der Waals surface area (Å²) in [4.78, 5) is 15.3. The number of pyridine rings is 1. The molecule has 2 amide bonds. The first-order valence-corrected chi connectivity index (χ1v) is 4.93. The average molecular weight is 207 g/mol. The molecule has 0 radical (unpaired) electrons. The summed E-state index contributed by atoms with van der Waals surface area (Å²) in [5.74, 6) is 0. The quantitative estimate of drug-likeness (QED) is 0.784. The molecule has 0 aliphatic rings. The third-order valence-corrected chi connectivity index (χ3v) is 2.28. The first-order chi connectivity index (χ1) is 7.06. The maximum absolute atomic E-state index is 11.0. The number of amides is 2. The van der Waals surface area contributed by atoms with E-state index in [1.54, 1.807) is 13.2 Å². The van der Waals surface area contributed by atoms with E-state index in [-0.39, 0.29) is 11.4 Å². The highest BCUT2D eigenvalue weighted by Crippen LogP contribution is 2.19. The number of nitrogens with one attached hydrogen (secondary N) is 2. The van der Waals surface area contributed by atoms with Gasteiger partial charge in [0.1, 0.15) is 0 Å². The molecule has 2 N–H and O–H groups in total. The lowest BCUT2D eigenvalue weighted by Crippen LogP contribution is -2.41. The van der Waals surface area contributed by atoms with Crippen molar-refractivity contribution in [3.63, 3.8) is 0 Å². The third-order valence-electron chi connectivity index (χ3n) is 2.28. The maximum atomic E-state index is 11.0. The summed E-state index contributed by atoms with van der Waals surface area (Å²) >= 11 is 0. The molecule has 0 spiro atoms. The van der Waals surface area contributed by atoms with Gasteiger partial charge in [-0.1, -0.05) is 19.9 Å². The van der Waals surface area contributed by atoms with Gasteiger partial charge in [0.25, 0.3) is 0 Å². The van der Waals surface area contributed by atoms with Crippen molar-refractivity contribution in [2.45, 2.75) is 19.3 Å². The summed E-state index contributed by atoms with van der Waals surface area (Å²) in [6, 6.07) is 5.63. The van der Waals surface area contributed by atoms with Crippen molar-refractivity contribution >= 4 is 6.03 Å².